The number of carbonyl (C=O) groups excluding carboxylic acids is 1. The molecular formula is C12H20O3S. The highest BCUT2D eigenvalue weighted by atomic mass is 32.2. The average Bonchev–Trinajstić information content (AvgIpc) is 2.30. The number of aldehydes is 1. The van der Waals surface area contributed by atoms with Crippen molar-refractivity contribution in [3.05, 3.63) is 0 Å². The smallest absolute Gasteiger partial charge is 0.151 e. The van der Waals surface area contributed by atoms with E-state index in [1.807, 2.05) is 11.8 Å². The molecule has 2 atom stereocenters. The van der Waals surface area contributed by atoms with E-state index in [9.17, 15) is 9.90 Å². The third-order valence-corrected chi connectivity index (χ3v) is 4.95. The number of ether oxygens (including phenoxy) is 1. The van der Waals surface area contributed by atoms with Crippen LogP contribution >= 0.6 is 11.8 Å². The Hall–Kier alpha value is -0.0600. The van der Waals surface area contributed by atoms with E-state index in [4.69, 9.17) is 4.74 Å². The second-order valence-corrected chi connectivity index (χ2v) is 6.40. The summed E-state index contributed by atoms with van der Waals surface area (Å²) in [5, 5.41) is 10.0. The quantitative estimate of drug-likeness (QED) is 0.750. The Morgan fingerprint density at radius 3 is 2.81 bits per heavy atom. The van der Waals surface area contributed by atoms with E-state index in [0.29, 0.717) is 12.9 Å². The van der Waals surface area contributed by atoms with Crippen LogP contribution in [0.1, 0.15) is 32.6 Å². The summed E-state index contributed by atoms with van der Waals surface area (Å²) in [6.45, 7) is 2.31. The maximum Gasteiger partial charge on any atom is 0.151 e. The van der Waals surface area contributed by atoms with Gasteiger partial charge in [-0.2, -0.15) is 11.8 Å². The molecule has 1 spiro atoms. The van der Waals surface area contributed by atoms with Gasteiger partial charge < -0.3 is 14.6 Å². The average molecular weight is 244 g/mol. The Labute approximate surface area is 101 Å². The van der Waals surface area contributed by atoms with Gasteiger partial charge in [0.25, 0.3) is 0 Å². The summed E-state index contributed by atoms with van der Waals surface area (Å²) in [4.78, 5) is 10.9. The van der Waals surface area contributed by atoms with E-state index < -0.39 is 5.60 Å². The number of rotatable bonds is 2. The number of thioether (sulfide) groups is 1. The maximum absolute atomic E-state index is 10.9. The second-order valence-electron chi connectivity index (χ2n) is 5.18. The molecule has 0 aliphatic carbocycles. The first-order valence-electron chi connectivity index (χ1n) is 5.98. The van der Waals surface area contributed by atoms with Crippen molar-refractivity contribution in [2.45, 2.75) is 43.8 Å². The Balaban J connectivity index is 2.06. The highest BCUT2D eigenvalue weighted by Gasteiger charge is 2.44. The van der Waals surface area contributed by atoms with Gasteiger partial charge in [-0.25, -0.2) is 0 Å². The predicted molar refractivity (Wildman–Crippen MR) is 64.7 cm³/mol. The van der Waals surface area contributed by atoms with Crippen LogP contribution in [0, 0.1) is 5.92 Å². The minimum absolute atomic E-state index is 0.0544. The van der Waals surface area contributed by atoms with Crippen molar-refractivity contribution in [3.63, 3.8) is 0 Å². The lowest BCUT2D eigenvalue weighted by molar-refractivity contribution is -0.151. The fraction of sp³-hybridized carbons (Fsp3) is 0.917. The molecule has 3 nitrogen and oxygen atoms in total. The van der Waals surface area contributed by atoms with Crippen molar-refractivity contribution in [2.24, 2.45) is 5.92 Å². The molecular weight excluding hydrogens is 224 g/mol. The summed E-state index contributed by atoms with van der Waals surface area (Å²) in [6, 6.07) is 0. The van der Waals surface area contributed by atoms with Crippen LogP contribution in [0.25, 0.3) is 0 Å². The Kier molecular flexibility index (Phi) is 3.62. The molecule has 1 N–H and O–H groups in total. The van der Waals surface area contributed by atoms with Gasteiger partial charge in [0, 0.05) is 6.61 Å². The molecule has 0 radical (unpaired) electrons. The minimum Gasteiger partial charge on any atom is -0.382 e. The molecule has 0 aromatic rings. The van der Waals surface area contributed by atoms with Crippen LogP contribution in [0.15, 0.2) is 0 Å². The van der Waals surface area contributed by atoms with E-state index in [0.717, 1.165) is 37.2 Å². The predicted octanol–water partition coefficient (Wildman–Crippen LogP) is 1.63. The van der Waals surface area contributed by atoms with E-state index in [1.54, 1.807) is 6.92 Å². The summed E-state index contributed by atoms with van der Waals surface area (Å²) < 4.78 is 5.94. The Morgan fingerprint density at radius 2 is 2.19 bits per heavy atom. The molecule has 0 aromatic heterocycles. The molecule has 16 heavy (non-hydrogen) atoms. The first kappa shape index (κ1) is 12.4. The van der Waals surface area contributed by atoms with Crippen LogP contribution in [0.3, 0.4) is 0 Å². The van der Waals surface area contributed by atoms with E-state index in [2.05, 4.69) is 0 Å². The van der Waals surface area contributed by atoms with Gasteiger partial charge in [0.15, 0.2) is 6.29 Å². The minimum atomic E-state index is -1.18. The molecule has 0 amide bonds. The van der Waals surface area contributed by atoms with Crippen molar-refractivity contribution >= 4 is 18.0 Å². The highest BCUT2D eigenvalue weighted by molar-refractivity contribution is 7.99. The lowest BCUT2D eigenvalue weighted by Gasteiger charge is -2.45. The molecule has 2 aliphatic heterocycles. The van der Waals surface area contributed by atoms with Gasteiger partial charge in [-0.3, -0.25) is 0 Å². The van der Waals surface area contributed by atoms with E-state index in [-0.39, 0.29) is 11.5 Å². The zero-order valence-electron chi connectivity index (χ0n) is 9.78. The van der Waals surface area contributed by atoms with Crippen molar-refractivity contribution < 1.29 is 14.6 Å². The summed E-state index contributed by atoms with van der Waals surface area (Å²) in [6.07, 6.45) is 4.43. The number of aliphatic hydroxyl groups is 1. The fourth-order valence-corrected chi connectivity index (χ4v) is 3.95. The Morgan fingerprint density at radius 1 is 1.50 bits per heavy atom. The first-order valence-corrected chi connectivity index (χ1v) is 7.14. The number of hydrogen-bond donors (Lipinski definition) is 1. The van der Waals surface area contributed by atoms with Crippen LogP contribution in [-0.4, -0.2) is 40.7 Å². The standard InChI is InChI=1S/C12H20O3S/c1-11(14,9-13)10-2-5-15-12(8-10)3-6-16-7-4-12/h9-10,14H,2-8H2,1H3. The lowest BCUT2D eigenvalue weighted by atomic mass is 9.75. The molecule has 2 saturated heterocycles. The SMILES string of the molecule is CC(O)(C=O)C1CCOC2(CCSCC2)C1. The number of hydrogen-bond acceptors (Lipinski definition) is 4. The van der Waals surface area contributed by atoms with Crippen molar-refractivity contribution in [2.75, 3.05) is 18.1 Å². The molecule has 2 fully saturated rings. The number of carbonyl (C=O) groups is 1. The highest BCUT2D eigenvalue weighted by Crippen LogP contribution is 2.42. The van der Waals surface area contributed by atoms with Crippen molar-refractivity contribution in [1.29, 1.82) is 0 Å². The second kappa shape index (κ2) is 4.67. The molecule has 0 bridgehead atoms. The largest absolute Gasteiger partial charge is 0.382 e. The molecule has 92 valence electrons. The van der Waals surface area contributed by atoms with Crippen LogP contribution in [0.5, 0.6) is 0 Å². The molecule has 2 aliphatic rings. The third-order valence-electron chi connectivity index (χ3n) is 3.96. The van der Waals surface area contributed by atoms with Gasteiger partial charge in [0.1, 0.15) is 5.60 Å². The van der Waals surface area contributed by atoms with Crippen molar-refractivity contribution in [3.8, 4) is 0 Å². The summed E-state index contributed by atoms with van der Waals surface area (Å²) in [5.74, 6) is 2.33. The van der Waals surface area contributed by atoms with Crippen LogP contribution in [0.2, 0.25) is 0 Å². The molecule has 2 unspecified atom stereocenters. The summed E-state index contributed by atoms with van der Waals surface area (Å²) in [5.41, 5.74) is -1.23. The van der Waals surface area contributed by atoms with Crippen LogP contribution < -0.4 is 0 Å². The molecule has 2 heterocycles. The van der Waals surface area contributed by atoms with Gasteiger partial charge in [0.05, 0.1) is 5.60 Å². The topological polar surface area (TPSA) is 46.5 Å². The van der Waals surface area contributed by atoms with Gasteiger partial charge in [0.2, 0.25) is 0 Å². The maximum atomic E-state index is 10.9. The van der Waals surface area contributed by atoms with E-state index in [1.165, 1.54) is 0 Å². The Bertz CT molecular complexity index is 253. The zero-order chi connectivity index (χ0) is 11.6. The van der Waals surface area contributed by atoms with Crippen molar-refractivity contribution in [1.82, 2.24) is 0 Å². The monoisotopic (exact) mass is 244 g/mol. The van der Waals surface area contributed by atoms with Gasteiger partial charge in [-0.05, 0) is 50.0 Å². The van der Waals surface area contributed by atoms with Crippen LogP contribution in [0.4, 0.5) is 0 Å². The molecule has 0 saturated carbocycles. The van der Waals surface area contributed by atoms with Crippen LogP contribution in [-0.2, 0) is 9.53 Å². The fourth-order valence-electron chi connectivity index (χ4n) is 2.71. The zero-order valence-corrected chi connectivity index (χ0v) is 10.6. The third kappa shape index (κ3) is 2.44. The lowest BCUT2D eigenvalue weighted by Crippen LogP contribution is -2.49. The molecule has 0 aromatic carbocycles. The van der Waals surface area contributed by atoms with E-state index >= 15 is 0 Å². The summed E-state index contributed by atoms with van der Waals surface area (Å²) >= 11 is 1.96. The normalized spacial score (nSPS) is 33.2. The van der Waals surface area contributed by atoms with Gasteiger partial charge in [-0.1, -0.05) is 0 Å². The van der Waals surface area contributed by atoms with Gasteiger partial charge in [-0.15, -0.1) is 0 Å². The molecule has 2 rings (SSSR count). The molecule has 4 heteroatoms. The van der Waals surface area contributed by atoms with Gasteiger partial charge >= 0.3 is 0 Å². The first-order chi connectivity index (χ1) is 7.58. The summed E-state index contributed by atoms with van der Waals surface area (Å²) in [7, 11) is 0.